The first-order valence-electron chi connectivity index (χ1n) is 6.77. The number of carbonyl (C=O) groups excluding carboxylic acids is 2. The number of hydrogen-bond acceptors (Lipinski definition) is 4. The van der Waals surface area contributed by atoms with Gasteiger partial charge in [-0.2, -0.15) is 0 Å². The number of benzene rings is 2. The quantitative estimate of drug-likeness (QED) is 0.545. The summed E-state index contributed by atoms with van der Waals surface area (Å²) in [7, 11) is 0. The fourth-order valence-corrected chi connectivity index (χ4v) is 2.56. The van der Waals surface area contributed by atoms with E-state index in [1.165, 1.54) is 12.1 Å². The van der Waals surface area contributed by atoms with Gasteiger partial charge in [0.2, 0.25) is 0 Å². The highest BCUT2D eigenvalue weighted by Crippen LogP contribution is 2.18. The zero-order valence-electron chi connectivity index (χ0n) is 12.1. The molecule has 0 aliphatic rings. The highest BCUT2D eigenvalue weighted by Gasteiger charge is 2.10. The van der Waals surface area contributed by atoms with Crippen molar-refractivity contribution in [2.24, 2.45) is 0 Å². The van der Waals surface area contributed by atoms with Crippen molar-refractivity contribution in [3.8, 4) is 0 Å². The monoisotopic (exact) mass is 346 g/mol. The van der Waals surface area contributed by atoms with Gasteiger partial charge in [-0.1, -0.05) is 0 Å². The van der Waals surface area contributed by atoms with E-state index >= 15 is 0 Å². The van der Waals surface area contributed by atoms with Crippen LogP contribution in [-0.2, 0) is 0 Å². The van der Waals surface area contributed by atoms with Crippen LogP contribution < -0.4 is 15.7 Å². The van der Waals surface area contributed by atoms with Crippen molar-refractivity contribution >= 4 is 34.9 Å². The summed E-state index contributed by atoms with van der Waals surface area (Å²) in [5.41, 5.74) is 1.11. The molecule has 0 aliphatic heterocycles. The second-order valence-corrected chi connectivity index (χ2v) is 5.66. The third-order valence-electron chi connectivity index (χ3n) is 3.08. The Morgan fingerprint density at radius 2 is 1.71 bits per heavy atom. The Morgan fingerprint density at radius 1 is 1.00 bits per heavy atom. The molecule has 0 saturated carbocycles. The maximum absolute atomic E-state index is 12.8. The molecule has 0 spiro atoms. The van der Waals surface area contributed by atoms with Crippen LogP contribution in [0.2, 0.25) is 0 Å². The second kappa shape index (κ2) is 6.59. The Kier molecular flexibility index (Phi) is 4.34. The van der Waals surface area contributed by atoms with E-state index in [-0.39, 0.29) is 11.3 Å². The van der Waals surface area contributed by atoms with Gasteiger partial charge in [0.25, 0.3) is 5.91 Å². The van der Waals surface area contributed by atoms with Crippen molar-refractivity contribution in [3.05, 3.63) is 64.3 Å². The largest absolute Gasteiger partial charge is 0.331 e. The van der Waals surface area contributed by atoms with Gasteiger partial charge in [-0.25, -0.2) is 14.0 Å². The predicted octanol–water partition coefficient (Wildman–Crippen LogP) is 2.14. The third kappa shape index (κ3) is 3.63. The summed E-state index contributed by atoms with van der Waals surface area (Å²) in [5.74, 6) is -1.11. The molecule has 3 amide bonds. The van der Waals surface area contributed by atoms with Crippen LogP contribution in [0.25, 0.3) is 11.0 Å². The minimum absolute atomic E-state index is 0.169. The third-order valence-corrected chi connectivity index (χ3v) is 3.86. The van der Waals surface area contributed by atoms with Crippen LogP contribution in [0.15, 0.2) is 52.2 Å². The number of carbonyl (C=O) groups is 2. The van der Waals surface area contributed by atoms with Crippen LogP contribution in [0.3, 0.4) is 0 Å². The lowest BCUT2D eigenvalue weighted by Crippen LogP contribution is -2.36. The van der Waals surface area contributed by atoms with Crippen LogP contribution in [0, 0.1) is 5.82 Å². The molecule has 9 heteroatoms. The normalized spacial score (nSPS) is 10.5. The van der Waals surface area contributed by atoms with E-state index in [1.54, 1.807) is 18.2 Å². The molecule has 1 heterocycles. The first-order valence-corrected chi connectivity index (χ1v) is 7.59. The predicted molar refractivity (Wildman–Crippen MR) is 87.2 cm³/mol. The lowest BCUT2D eigenvalue weighted by molar-refractivity contribution is 0.0965. The standard InChI is InChI=1S/C15H11FN4O3S/c16-9-3-1-8(2-4-9)13(21)19-15(23)20-24-10-5-6-11-12(7-10)18-14(22)17-11/h1-7H,(H2,17,18,22)(H2,19,20,21,23). The summed E-state index contributed by atoms with van der Waals surface area (Å²) in [5, 5.41) is 2.13. The van der Waals surface area contributed by atoms with Crippen molar-refractivity contribution in [2.45, 2.75) is 4.90 Å². The molecule has 0 bridgehead atoms. The number of hydrogen-bond donors (Lipinski definition) is 4. The number of imidazole rings is 1. The number of rotatable bonds is 3. The Labute approximate surface area is 138 Å². The van der Waals surface area contributed by atoms with Gasteiger partial charge in [-0.05, 0) is 54.4 Å². The molecule has 2 aromatic carbocycles. The summed E-state index contributed by atoms with van der Waals surface area (Å²) >= 11 is 0.982. The Bertz CT molecular complexity index is 965. The summed E-state index contributed by atoms with van der Waals surface area (Å²) in [6.45, 7) is 0. The van der Waals surface area contributed by atoms with E-state index in [4.69, 9.17) is 0 Å². The maximum Gasteiger partial charge on any atom is 0.331 e. The van der Waals surface area contributed by atoms with E-state index in [0.29, 0.717) is 15.9 Å². The topological polar surface area (TPSA) is 107 Å². The van der Waals surface area contributed by atoms with E-state index in [9.17, 15) is 18.8 Å². The zero-order valence-corrected chi connectivity index (χ0v) is 12.9. The molecular formula is C15H11FN4O3S. The van der Waals surface area contributed by atoms with Gasteiger partial charge in [0.15, 0.2) is 0 Å². The first-order chi connectivity index (χ1) is 11.5. The minimum Gasteiger partial charge on any atom is -0.306 e. The summed E-state index contributed by atoms with van der Waals surface area (Å²) in [6, 6.07) is 9.19. The summed E-state index contributed by atoms with van der Waals surface area (Å²) in [4.78, 5) is 40.6. The van der Waals surface area contributed by atoms with Crippen LogP contribution in [-0.4, -0.2) is 21.9 Å². The van der Waals surface area contributed by atoms with Crippen molar-refractivity contribution in [2.75, 3.05) is 0 Å². The molecule has 1 aromatic heterocycles. The highest BCUT2D eigenvalue weighted by molar-refractivity contribution is 7.98. The number of halogens is 1. The lowest BCUT2D eigenvalue weighted by atomic mass is 10.2. The van der Waals surface area contributed by atoms with Crippen molar-refractivity contribution in [1.29, 1.82) is 0 Å². The molecular weight excluding hydrogens is 335 g/mol. The molecule has 7 nitrogen and oxygen atoms in total. The van der Waals surface area contributed by atoms with Crippen molar-refractivity contribution in [3.63, 3.8) is 0 Å². The maximum atomic E-state index is 12.8. The number of urea groups is 1. The Balaban J connectivity index is 1.58. The van der Waals surface area contributed by atoms with Gasteiger partial charge in [0.1, 0.15) is 5.82 Å². The summed E-state index contributed by atoms with van der Waals surface area (Å²) < 4.78 is 15.2. The van der Waals surface area contributed by atoms with Gasteiger partial charge in [0, 0.05) is 10.5 Å². The number of imide groups is 1. The van der Waals surface area contributed by atoms with Crippen LogP contribution in [0.4, 0.5) is 9.18 Å². The summed E-state index contributed by atoms with van der Waals surface area (Å²) in [6.07, 6.45) is 0. The number of amides is 3. The highest BCUT2D eigenvalue weighted by atomic mass is 32.2. The first kappa shape index (κ1) is 15.8. The Hall–Kier alpha value is -3.07. The molecule has 3 rings (SSSR count). The smallest absolute Gasteiger partial charge is 0.306 e. The second-order valence-electron chi connectivity index (χ2n) is 4.78. The van der Waals surface area contributed by atoms with E-state index in [2.05, 4.69) is 20.0 Å². The van der Waals surface area contributed by atoms with E-state index in [1.807, 2.05) is 0 Å². The Morgan fingerprint density at radius 3 is 2.46 bits per heavy atom. The van der Waals surface area contributed by atoms with Gasteiger partial charge < -0.3 is 9.97 Å². The SMILES string of the molecule is O=C(NSc1ccc2[nH]c(=O)[nH]c2c1)NC(=O)c1ccc(F)cc1. The zero-order chi connectivity index (χ0) is 17.1. The fourth-order valence-electron chi connectivity index (χ4n) is 1.98. The average Bonchev–Trinajstić information content (AvgIpc) is 2.92. The number of H-pyrrole nitrogens is 2. The molecule has 3 aromatic rings. The molecule has 0 aliphatic carbocycles. The van der Waals surface area contributed by atoms with Gasteiger partial charge in [0.05, 0.1) is 11.0 Å². The van der Waals surface area contributed by atoms with Crippen LogP contribution >= 0.6 is 11.9 Å². The van der Waals surface area contributed by atoms with E-state index in [0.717, 1.165) is 24.1 Å². The number of fused-ring (bicyclic) bond motifs is 1. The van der Waals surface area contributed by atoms with Crippen molar-refractivity contribution < 1.29 is 14.0 Å². The molecule has 122 valence electrons. The lowest BCUT2D eigenvalue weighted by Gasteiger charge is -2.06. The average molecular weight is 346 g/mol. The molecule has 24 heavy (non-hydrogen) atoms. The molecule has 0 radical (unpaired) electrons. The van der Waals surface area contributed by atoms with Gasteiger partial charge in [-0.3, -0.25) is 14.8 Å². The minimum atomic E-state index is -0.711. The fraction of sp³-hybridized carbons (Fsp3) is 0. The van der Waals surface area contributed by atoms with Gasteiger partial charge >= 0.3 is 11.7 Å². The molecule has 0 saturated heterocycles. The van der Waals surface area contributed by atoms with Crippen LogP contribution in [0.1, 0.15) is 10.4 Å². The molecule has 0 atom stereocenters. The van der Waals surface area contributed by atoms with Gasteiger partial charge in [-0.15, -0.1) is 0 Å². The number of aromatic amines is 2. The number of nitrogens with one attached hydrogen (secondary N) is 4. The molecule has 0 fully saturated rings. The number of aromatic nitrogens is 2. The van der Waals surface area contributed by atoms with Crippen molar-refractivity contribution in [1.82, 2.24) is 20.0 Å². The van der Waals surface area contributed by atoms with Crippen LogP contribution in [0.5, 0.6) is 0 Å². The molecule has 4 N–H and O–H groups in total. The molecule has 0 unspecified atom stereocenters. The van der Waals surface area contributed by atoms with E-state index < -0.39 is 17.8 Å².